The van der Waals surface area contributed by atoms with E-state index in [2.05, 4.69) is 48.2 Å². The normalized spacial score (nSPS) is 20.8. The Morgan fingerprint density at radius 2 is 1.79 bits per heavy atom. The minimum atomic E-state index is 0.164. The minimum absolute atomic E-state index is 0.164. The van der Waals surface area contributed by atoms with Crippen molar-refractivity contribution in [2.45, 2.75) is 25.3 Å². The Balaban J connectivity index is 1.86. The lowest BCUT2D eigenvalue weighted by atomic mass is 9.88. The molecule has 3 rings (SSSR count). The van der Waals surface area contributed by atoms with Gasteiger partial charge in [0.15, 0.2) is 11.5 Å². The summed E-state index contributed by atoms with van der Waals surface area (Å²) >= 11 is 0. The van der Waals surface area contributed by atoms with Gasteiger partial charge in [0.05, 0.1) is 14.2 Å². The van der Waals surface area contributed by atoms with Crippen LogP contribution in [0.25, 0.3) is 0 Å². The maximum Gasteiger partial charge on any atom is 0.160 e. The Hall–Kier alpha value is -2.20. The van der Waals surface area contributed by atoms with Crippen LogP contribution in [0.15, 0.2) is 42.5 Å². The van der Waals surface area contributed by atoms with Crippen molar-refractivity contribution in [3.8, 4) is 11.5 Å². The zero-order chi connectivity index (χ0) is 17.1. The minimum Gasteiger partial charge on any atom is -0.493 e. The van der Waals surface area contributed by atoms with Crippen LogP contribution in [0.4, 0.5) is 5.69 Å². The average molecular weight is 326 g/mol. The maximum atomic E-state index is 6.36. The maximum absolute atomic E-state index is 6.36. The van der Waals surface area contributed by atoms with E-state index in [9.17, 15) is 0 Å². The molecule has 0 bridgehead atoms. The number of anilines is 1. The fraction of sp³-hybridized carbons (Fsp3) is 0.400. The van der Waals surface area contributed by atoms with Crippen molar-refractivity contribution >= 4 is 5.69 Å². The molecule has 0 aromatic heterocycles. The summed E-state index contributed by atoms with van der Waals surface area (Å²) in [6.07, 6.45) is 0.984. The van der Waals surface area contributed by atoms with Crippen LogP contribution in [0, 0.1) is 6.92 Å². The van der Waals surface area contributed by atoms with Gasteiger partial charge in [-0.2, -0.15) is 0 Å². The highest BCUT2D eigenvalue weighted by Crippen LogP contribution is 2.35. The van der Waals surface area contributed by atoms with E-state index >= 15 is 0 Å². The highest BCUT2D eigenvalue weighted by molar-refractivity contribution is 5.51. The predicted octanol–water partition coefficient (Wildman–Crippen LogP) is 3.33. The average Bonchev–Trinajstić information content (AvgIpc) is 2.60. The summed E-state index contributed by atoms with van der Waals surface area (Å²) < 4.78 is 10.8. The smallest absolute Gasteiger partial charge is 0.160 e. The summed E-state index contributed by atoms with van der Waals surface area (Å²) in [5.74, 6) is 1.92. The first-order valence-corrected chi connectivity index (χ1v) is 8.40. The molecule has 1 saturated heterocycles. The lowest BCUT2D eigenvalue weighted by Gasteiger charge is -2.38. The summed E-state index contributed by atoms with van der Waals surface area (Å²) in [6.45, 7) is 3.99. The van der Waals surface area contributed by atoms with E-state index in [1.807, 2.05) is 6.07 Å². The van der Waals surface area contributed by atoms with Gasteiger partial charge in [-0.25, -0.2) is 0 Å². The monoisotopic (exact) mass is 326 g/mol. The molecule has 4 nitrogen and oxygen atoms in total. The lowest BCUT2D eigenvalue weighted by molar-refractivity contribution is 0.353. The van der Waals surface area contributed by atoms with E-state index in [1.54, 1.807) is 14.2 Å². The molecule has 0 amide bonds. The summed E-state index contributed by atoms with van der Waals surface area (Å²) in [6, 6.07) is 15.0. The standard InChI is InChI=1S/C20H26N2O2/c1-14-5-4-6-18(9-14)22-12-16(10-17(21)13-22)15-7-8-19(23-2)20(11-15)24-3/h4-9,11,16-17H,10,12-13,21H2,1-3H3. The zero-order valence-corrected chi connectivity index (χ0v) is 14.7. The van der Waals surface area contributed by atoms with Crippen LogP contribution < -0.4 is 20.1 Å². The third kappa shape index (κ3) is 3.49. The summed E-state index contributed by atoms with van der Waals surface area (Å²) in [4.78, 5) is 2.39. The Kier molecular flexibility index (Phi) is 4.95. The van der Waals surface area contributed by atoms with Gasteiger partial charge >= 0.3 is 0 Å². The number of methoxy groups -OCH3 is 2. The van der Waals surface area contributed by atoms with Crippen molar-refractivity contribution < 1.29 is 9.47 Å². The first-order chi connectivity index (χ1) is 11.6. The second-order valence-electron chi connectivity index (χ2n) is 6.55. The van der Waals surface area contributed by atoms with Gasteiger partial charge in [0, 0.05) is 30.7 Å². The number of aryl methyl sites for hydroxylation is 1. The van der Waals surface area contributed by atoms with Crippen molar-refractivity contribution in [1.29, 1.82) is 0 Å². The molecule has 4 heteroatoms. The molecule has 2 aromatic rings. The van der Waals surface area contributed by atoms with Crippen molar-refractivity contribution in [2.24, 2.45) is 5.73 Å². The van der Waals surface area contributed by atoms with Crippen molar-refractivity contribution in [3.63, 3.8) is 0 Å². The molecule has 1 aliphatic heterocycles. The van der Waals surface area contributed by atoms with Crippen molar-refractivity contribution in [2.75, 3.05) is 32.2 Å². The fourth-order valence-electron chi connectivity index (χ4n) is 3.52. The molecule has 0 aliphatic carbocycles. The van der Waals surface area contributed by atoms with Gasteiger partial charge in [0.25, 0.3) is 0 Å². The van der Waals surface area contributed by atoms with Crippen molar-refractivity contribution in [1.82, 2.24) is 0 Å². The van der Waals surface area contributed by atoms with Gasteiger partial charge in [-0.05, 0) is 48.7 Å². The van der Waals surface area contributed by atoms with Crippen LogP contribution in [-0.2, 0) is 0 Å². The number of hydrogen-bond acceptors (Lipinski definition) is 4. The van der Waals surface area contributed by atoms with Crippen LogP contribution in [0.2, 0.25) is 0 Å². The molecule has 1 aliphatic rings. The van der Waals surface area contributed by atoms with E-state index in [-0.39, 0.29) is 6.04 Å². The summed E-state index contributed by atoms with van der Waals surface area (Å²) in [5, 5.41) is 0. The van der Waals surface area contributed by atoms with E-state index in [0.29, 0.717) is 5.92 Å². The highest BCUT2D eigenvalue weighted by Gasteiger charge is 2.27. The van der Waals surface area contributed by atoms with Crippen LogP contribution in [0.1, 0.15) is 23.5 Å². The van der Waals surface area contributed by atoms with Gasteiger partial charge in [-0.1, -0.05) is 18.2 Å². The predicted molar refractivity (Wildman–Crippen MR) is 98.3 cm³/mol. The molecule has 2 atom stereocenters. The van der Waals surface area contributed by atoms with Crippen LogP contribution in [-0.4, -0.2) is 33.4 Å². The molecule has 2 aromatic carbocycles. The number of ether oxygens (including phenoxy) is 2. The molecular formula is C20H26N2O2. The molecule has 1 heterocycles. The lowest BCUT2D eigenvalue weighted by Crippen LogP contribution is -2.46. The van der Waals surface area contributed by atoms with Crippen LogP contribution >= 0.6 is 0 Å². The van der Waals surface area contributed by atoms with E-state index in [0.717, 1.165) is 31.0 Å². The number of benzene rings is 2. The first-order valence-electron chi connectivity index (χ1n) is 8.40. The Labute approximate surface area is 144 Å². The third-order valence-electron chi connectivity index (χ3n) is 4.73. The first kappa shape index (κ1) is 16.7. The van der Waals surface area contributed by atoms with Gasteiger partial charge in [-0.3, -0.25) is 0 Å². The largest absolute Gasteiger partial charge is 0.493 e. The summed E-state index contributed by atoms with van der Waals surface area (Å²) in [5.41, 5.74) is 10.1. The van der Waals surface area contributed by atoms with Crippen LogP contribution in [0.3, 0.4) is 0 Å². The molecule has 1 fully saturated rings. The second-order valence-corrected chi connectivity index (χ2v) is 6.55. The number of nitrogens with zero attached hydrogens (tertiary/aromatic N) is 1. The molecular weight excluding hydrogens is 300 g/mol. The number of hydrogen-bond donors (Lipinski definition) is 1. The van der Waals surface area contributed by atoms with Gasteiger partial charge in [0.1, 0.15) is 0 Å². The molecule has 128 valence electrons. The number of piperidine rings is 1. The third-order valence-corrected chi connectivity index (χ3v) is 4.73. The number of nitrogens with two attached hydrogens (primary N) is 1. The SMILES string of the molecule is COc1ccc(C2CC(N)CN(c3cccc(C)c3)C2)cc1OC. The molecule has 0 saturated carbocycles. The molecule has 2 unspecified atom stereocenters. The second kappa shape index (κ2) is 7.14. The van der Waals surface area contributed by atoms with E-state index in [1.165, 1.54) is 16.8 Å². The zero-order valence-electron chi connectivity index (χ0n) is 14.7. The Morgan fingerprint density at radius 3 is 2.50 bits per heavy atom. The van der Waals surface area contributed by atoms with Gasteiger partial charge < -0.3 is 20.1 Å². The quantitative estimate of drug-likeness (QED) is 0.936. The van der Waals surface area contributed by atoms with Crippen LogP contribution in [0.5, 0.6) is 11.5 Å². The van der Waals surface area contributed by atoms with Crippen molar-refractivity contribution in [3.05, 3.63) is 53.6 Å². The molecule has 24 heavy (non-hydrogen) atoms. The summed E-state index contributed by atoms with van der Waals surface area (Å²) in [7, 11) is 3.33. The molecule has 2 N–H and O–H groups in total. The number of rotatable bonds is 4. The van der Waals surface area contributed by atoms with Gasteiger partial charge in [0.2, 0.25) is 0 Å². The fourth-order valence-corrected chi connectivity index (χ4v) is 3.52. The van der Waals surface area contributed by atoms with Gasteiger partial charge in [-0.15, -0.1) is 0 Å². The van der Waals surface area contributed by atoms with E-state index in [4.69, 9.17) is 15.2 Å². The Bertz CT molecular complexity index is 702. The molecule has 0 radical (unpaired) electrons. The van der Waals surface area contributed by atoms with E-state index < -0.39 is 0 Å². The topological polar surface area (TPSA) is 47.7 Å². The Morgan fingerprint density at radius 1 is 1.00 bits per heavy atom. The molecule has 0 spiro atoms. The highest BCUT2D eigenvalue weighted by atomic mass is 16.5.